The molecule has 2 aromatic rings. The monoisotopic (exact) mass is 339 g/mol. The Bertz CT molecular complexity index is 747. The van der Waals surface area contributed by atoms with Crippen molar-refractivity contribution < 1.29 is 4.79 Å². The van der Waals surface area contributed by atoms with E-state index in [0.717, 1.165) is 37.3 Å². The predicted molar refractivity (Wildman–Crippen MR) is 100 cm³/mol. The topological polar surface area (TPSA) is 38.1 Å². The molecule has 1 amide bonds. The number of amides is 1. The molecule has 0 radical (unpaired) electrons. The third-order valence-corrected chi connectivity index (χ3v) is 5.55. The van der Waals surface area contributed by atoms with Crippen LogP contribution in [0.15, 0.2) is 36.7 Å². The first-order chi connectivity index (χ1) is 11.9. The third kappa shape index (κ3) is 3.63. The van der Waals surface area contributed by atoms with E-state index >= 15 is 0 Å². The van der Waals surface area contributed by atoms with E-state index in [1.165, 1.54) is 12.0 Å². The Balaban J connectivity index is 1.73. The molecule has 1 aliphatic heterocycles. The number of carbonyl (C=O) groups excluding carboxylic acids is 1. The van der Waals surface area contributed by atoms with Gasteiger partial charge in [-0.15, -0.1) is 0 Å². The van der Waals surface area contributed by atoms with Crippen molar-refractivity contribution in [1.29, 1.82) is 0 Å². The van der Waals surface area contributed by atoms with E-state index in [4.69, 9.17) is 0 Å². The first-order valence-corrected chi connectivity index (χ1v) is 9.21. The fraction of sp³-hybridized carbons (Fsp3) is 0.524. The number of hydrogen-bond donors (Lipinski definition) is 0. The van der Waals surface area contributed by atoms with E-state index in [0.29, 0.717) is 5.92 Å². The minimum absolute atomic E-state index is 0.242. The zero-order chi connectivity index (χ0) is 18.0. The molecule has 1 aromatic heterocycles. The van der Waals surface area contributed by atoms with E-state index in [2.05, 4.69) is 47.4 Å². The number of imidazole rings is 1. The van der Waals surface area contributed by atoms with Crippen molar-refractivity contribution >= 4 is 5.91 Å². The largest absolute Gasteiger partial charge is 0.342 e. The molecule has 0 aliphatic carbocycles. The van der Waals surface area contributed by atoms with E-state index in [9.17, 15) is 4.79 Å². The highest BCUT2D eigenvalue weighted by atomic mass is 16.2. The molecule has 0 spiro atoms. The molecule has 0 saturated carbocycles. The van der Waals surface area contributed by atoms with Crippen molar-refractivity contribution in [3.63, 3.8) is 0 Å². The summed E-state index contributed by atoms with van der Waals surface area (Å²) in [5.74, 6) is 1.84. The van der Waals surface area contributed by atoms with Crippen LogP contribution < -0.4 is 0 Å². The van der Waals surface area contributed by atoms with Gasteiger partial charge in [-0.3, -0.25) is 4.79 Å². The summed E-state index contributed by atoms with van der Waals surface area (Å²) < 4.78 is 2.08. The summed E-state index contributed by atoms with van der Waals surface area (Å²) >= 11 is 0. The molecule has 25 heavy (non-hydrogen) atoms. The summed E-state index contributed by atoms with van der Waals surface area (Å²) in [6, 6.07) is 8.23. The first kappa shape index (κ1) is 17.7. The van der Waals surface area contributed by atoms with Gasteiger partial charge in [0, 0.05) is 39.0 Å². The van der Waals surface area contributed by atoms with Gasteiger partial charge in [0.05, 0.1) is 5.41 Å². The Labute approximate surface area is 150 Å². The van der Waals surface area contributed by atoms with Crippen molar-refractivity contribution in [1.82, 2.24) is 14.5 Å². The van der Waals surface area contributed by atoms with Gasteiger partial charge in [-0.2, -0.15) is 0 Å². The summed E-state index contributed by atoms with van der Waals surface area (Å²) in [6.07, 6.45) is 7.02. The third-order valence-electron chi connectivity index (χ3n) is 5.55. The molecule has 134 valence electrons. The lowest BCUT2D eigenvalue weighted by atomic mass is 9.80. The van der Waals surface area contributed by atoms with E-state index < -0.39 is 5.41 Å². The molecule has 1 fully saturated rings. The Morgan fingerprint density at radius 2 is 2.08 bits per heavy atom. The normalized spacial score (nSPS) is 18.4. The van der Waals surface area contributed by atoms with Crippen LogP contribution >= 0.6 is 0 Å². The maximum Gasteiger partial charge on any atom is 0.232 e. The average Bonchev–Trinajstić information content (AvgIpc) is 2.99. The molecule has 1 aromatic carbocycles. The summed E-state index contributed by atoms with van der Waals surface area (Å²) in [6.45, 7) is 7.90. The van der Waals surface area contributed by atoms with Crippen molar-refractivity contribution in [2.75, 3.05) is 13.1 Å². The van der Waals surface area contributed by atoms with Gasteiger partial charge < -0.3 is 9.47 Å². The van der Waals surface area contributed by atoms with Gasteiger partial charge in [0.2, 0.25) is 5.91 Å². The molecule has 3 rings (SSSR count). The Morgan fingerprint density at radius 3 is 2.76 bits per heavy atom. The number of benzene rings is 1. The summed E-state index contributed by atoms with van der Waals surface area (Å²) in [5.41, 5.74) is 1.82. The maximum atomic E-state index is 13.3. The van der Waals surface area contributed by atoms with Gasteiger partial charge in [-0.05, 0) is 50.7 Å². The van der Waals surface area contributed by atoms with Gasteiger partial charge in [0.25, 0.3) is 0 Å². The average molecular weight is 339 g/mol. The molecule has 2 heterocycles. The number of rotatable bonds is 4. The smallest absolute Gasteiger partial charge is 0.232 e. The maximum absolute atomic E-state index is 13.3. The van der Waals surface area contributed by atoms with E-state index in [1.807, 2.05) is 31.6 Å². The molecule has 1 aliphatic rings. The van der Waals surface area contributed by atoms with Crippen molar-refractivity contribution in [3.8, 4) is 0 Å². The molecular weight excluding hydrogens is 310 g/mol. The summed E-state index contributed by atoms with van der Waals surface area (Å²) in [7, 11) is 2.04. The van der Waals surface area contributed by atoms with Crippen LogP contribution in [0.25, 0.3) is 0 Å². The first-order valence-electron chi connectivity index (χ1n) is 9.21. The standard InChI is InChI=1S/C21H29N3O/c1-16-8-5-6-10-18(16)21(2,3)20(25)24-12-7-9-17(15-24)14-19-22-11-13-23(19)4/h5-6,8,10-11,13,17H,7,9,12,14-15H2,1-4H3. The number of likely N-dealkylation sites (tertiary alicyclic amines) is 1. The SMILES string of the molecule is Cc1ccccc1C(C)(C)C(=O)N1CCCC(Cc2nccn2C)C1. The van der Waals surface area contributed by atoms with Crippen LogP contribution in [0.1, 0.15) is 43.6 Å². The van der Waals surface area contributed by atoms with Crippen LogP contribution in [0.5, 0.6) is 0 Å². The molecule has 0 bridgehead atoms. The van der Waals surface area contributed by atoms with Crippen molar-refractivity contribution in [2.24, 2.45) is 13.0 Å². The fourth-order valence-electron chi connectivity index (χ4n) is 4.05. The van der Waals surface area contributed by atoms with E-state index in [1.54, 1.807) is 0 Å². The van der Waals surface area contributed by atoms with Gasteiger partial charge in [-0.25, -0.2) is 4.98 Å². The van der Waals surface area contributed by atoms with Crippen molar-refractivity contribution in [3.05, 3.63) is 53.6 Å². The lowest BCUT2D eigenvalue weighted by Gasteiger charge is -2.38. The molecule has 1 unspecified atom stereocenters. The molecular formula is C21H29N3O. The lowest BCUT2D eigenvalue weighted by Crippen LogP contribution is -2.48. The van der Waals surface area contributed by atoms with Gasteiger partial charge >= 0.3 is 0 Å². The zero-order valence-corrected chi connectivity index (χ0v) is 15.8. The minimum atomic E-state index is -0.490. The Hall–Kier alpha value is -2.10. The molecule has 1 saturated heterocycles. The van der Waals surface area contributed by atoms with Crippen LogP contribution in [0, 0.1) is 12.8 Å². The highest BCUT2D eigenvalue weighted by molar-refractivity contribution is 5.87. The highest BCUT2D eigenvalue weighted by Gasteiger charge is 2.36. The van der Waals surface area contributed by atoms with Crippen LogP contribution in [0.4, 0.5) is 0 Å². The van der Waals surface area contributed by atoms with Crippen LogP contribution in [-0.4, -0.2) is 33.4 Å². The van der Waals surface area contributed by atoms with Gasteiger partial charge in [0.15, 0.2) is 0 Å². The summed E-state index contributed by atoms with van der Waals surface area (Å²) in [4.78, 5) is 19.8. The summed E-state index contributed by atoms with van der Waals surface area (Å²) in [5, 5.41) is 0. The van der Waals surface area contributed by atoms with Crippen molar-refractivity contribution in [2.45, 2.75) is 45.4 Å². The second kappa shape index (κ2) is 7.03. The highest BCUT2D eigenvalue weighted by Crippen LogP contribution is 2.31. The predicted octanol–water partition coefficient (Wildman–Crippen LogP) is 3.49. The molecule has 4 heteroatoms. The number of hydrogen-bond acceptors (Lipinski definition) is 2. The second-order valence-electron chi connectivity index (χ2n) is 7.86. The number of carbonyl (C=O) groups is 1. The van der Waals surface area contributed by atoms with Crippen LogP contribution in [0.3, 0.4) is 0 Å². The Kier molecular flexibility index (Phi) is 4.98. The Morgan fingerprint density at radius 1 is 1.32 bits per heavy atom. The molecule has 1 atom stereocenters. The zero-order valence-electron chi connectivity index (χ0n) is 15.8. The lowest BCUT2D eigenvalue weighted by molar-refractivity contribution is -0.138. The van der Waals surface area contributed by atoms with Crippen LogP contribution in [-0.2, 0) is 23.7 Å². The number of nitrogens with zero attached hydrogens (tertiary/aromatic N) is 3. The molecule has 0 N–H and O–H groups in total. The number of aromatic nitrogens is 2. The van der Waals surface area contributed by atoms with E-state index in [-0.39, 0.29) is 5.91 Å². The van der Waals surface area contributed by atoms with Crippen LogP contribution in [0.2, 0.25) is 0 Å². The fourth-order valence-corrected chi connectivity index (χ4v) is 4.05. The second-order valence-corrected chi connectivity index (χ2v) is 7.86. The van der Waals surface area contributed by atoms with Gasteiger partial charge in [-0.1, -0.05) is 24.3 Å². The van der Waals surface area contributed by atoms with Gasteiger partial charge in [0.1, 0.15) is 5.82 Å². The quantitative estimate of drug-likeness (QED) is 0.855. The number of aryl methyl sites for hydroxylation is 2. The number of piperidine rings is 1. The molecule has 4 nitrogen and oxygen atoms in total. The minimum Gasteiger partial charge on any atom is -0.342 e.